The van der Waals surface area contributed by atoms with Crippen LogP contribution in [0.5, 0.6) is 0 Å². The number of rotatable bonds is 2. The summed E-state index contributed by atoms with van der Waals surface area (Å²) in [4.78, 5) is 22.9. The summed E-state index contributed by atoms with van der Waals surface area (Å²) in [6.45, 7) is 7.64. The van der Waals surface area contributed by atoms with Gasteiger partial charge in [0, 0.05) is 24.8 Å². The molecule has 2 aliphatic heterocycles. The fourth-order valence-corrected chi connectivity index (χ4v) is 3.40. The first-order chi connectivity index (χ1) is 10.4. The molecule has 4 atom stereocenters. The van der Waals surface area contributed by atoms with E-state index in [1.54, 1.807) is 0 Å². The Hall–Kier alpha value is -1.62. The van der Waals surface area contributed by atoms with Crippen LogP contribution < -0.4 is 0 Å². The number of esters is 2. The average Bonchev–Trinajstić information content (AvgIpc) is 3.02. The molecule has 0 saturated carbocycles. The van der Waals surface area contributed by atoms with Crippen molar-refractivity contribution in [3.63, 3.8) is 0 Å². The molecule has 0 unspecified atom stereocenters. The van der Waals surface area contributed by atoms with E-state index < -0.39 is 0 Å². The molecule has 5 heteroatoms. The summed E-state index contributed by atoms with van der Waals surface area (Å²) in [5.74, 6) is -0.637. The van der Waals surface area contributed by atoms with E-state index in [-0.39, 0.29) is 42.3 Å². The lowest BCUT2D eigenvalue weighted by atomic mass is 9.84. The summed E-state index contributed by atoms with van der Waals surface area (Å²) < 4.78 is 16.4. The molecular weight excluding hydrogens is 284 g/mol. The summed E-state index contributed by atoms with van der Waals surface area (Å²) in [5.41, 5.74) is 1.42. The third-order valence-electron chi connectivity index (χ3n) is 4.92. The standard InChI is InChI=1S/C17H22O5/c1-10-13-8-15-17(3,22-15)6-4-5-12(9-20-11(2)18)7-14(13)21-16(10)19/h5,13-15H,1,4,6-9H2,2-3H3/b12-5-/t13-,14+,15+,17-/m1/s1. The topological polar surface area (TPSA) is 65.1 Å². The Balaban J connectivity index is 1.79. The van der Waals surface area contributed by atoms with E-state index in [2.05, 4.69) is 19.6 Å². The molecule has 0 aromatic heterocycles. The van der Waals surface area contributed by atoms with Gasteiger partial charge in [-0.3, -0.25) is 4.79 Å². The van der Waals surface area contributed by atoms with Crippen LogP contribution >= 0.6 is 0 Å². The van der Waals surface area contributed by atoms with E-state index in [0.29, 0.717) is 12.0 Å². The maximum Gasteiger partial charge on any atom is 0.334 e. The summed E-state index contributed by atoms with van der Waals surface area (Å²) >= 11 is 0. The van der Waals surface area contributed by atoms with Gasteiger partial charge < -0.3 is 14.2 Å². The maximum atomic E-state index is 11.8. The van der Waals surface area contributed by atoms with E-state index in [1.807, 2.05) is 0 Å². The Morgan fingerprint density at radius 2 is 2.32 bits per heavy atom. The Labute approximate surface area is 130 Å². The van der Waals surface area contributed by atoms with E-state index in [9.17, 15) is 9.59 Å². The van der Waals surface area contributed by atoms with Crippen LogP contribution in [0.25, 0.3) is 0 Å². The molecule has 5 nitrogen and oxygen atoms in total. The highest BCUT2D eigenvalue weighted by molar-refractivity contribution is 5.90. The van der Waals surface area contributed by atoms with E-state index >= 15 is 0 Å². The van der Waals surface area contributed by atoms with Crippen molar-refractivity contribution in [3.05, 3.63) is 23.8 Å². The number of fused-ring (bicyclic) bond motifs is 2. The van der Waals surface area contributed by atoms with Crippen LogP contribution in [0.2, 0.25) is 0 Å². The number of carbonyl (C=O) groups excluding carboxylic acids is 2. The van der Waals surface area contributed by atoms with Gasteiger partial charge in [0.05, 0.1) is 11.7 Å². The van der Waals surface area contributed by atoms with Crippen LogP contribution in [0.1, 0.15) is 39.5 Å². The fourth-order valence-electron chi connectivity index (χ4n) is 3.40. The zero-order valence-electron chi connectivity index (χ0n) is 13.1. The molecule has 0 radical (unpaired) electrons. The number of allylic oxidation sites excluding steroid dienone is 1. The number of hydrogen-bond acceptors (Lipinski definition) is 5. The molecule has 2 fully saturated rings. The molecular formula is C17H22O5. The van der Waals surface area contributed by atoms with E-state index in [1.165, 1.54) is 6.92 Å². The Morgan fingerprint density at radius 3 is 3.05 bits per heavy atom. The highest BCUT2D eigenvalue weighted by Gasteiger charge is 2.54. The van der Waals surface area contributed by atoms with Crippen LogP contribution in [0.3, 0.4) is 0 Å². The lowest BCUT2D eigenvalue weighted by Gasteiger charge is -2.20. The molecule has 0 N–H and O–H groups in total. The molecule has 3 aliphatic rings. The molecule has 2 saturated heterocycles. The van der Waals surface area contributed by atoms with Crippen molar-refractivity contribution in [2.45, 2.75) is 57.3 Å². The van der Waals surface area contributed by atoms with Gasteiger partial charge in [-0.05, 0) is 31.8 Å². The van der Waals surface area contributed by atoms with Crippen LogP contribution in [-0.2, 0) is 23.8 Å². The van der Waals surface area contributed by atoms with Gasteiger partial charge in [-0.25, -0.2) is 4.79 Å². The lowest BCUT2D eigenvalue weighted by Crippen LogP contribution is -2.23. The normalized spacial score (nSPS) is 39.9. The van der Waals surface area contributed by atoms with Crippen molar-refractivity contribution < 1.29 is 23.8 Å². The number of carbonyl (C=O) groups is 2. The Bertz CT molecular complexity index is 549. The van der Waals surface area contributed by atoms with Crippen LogP contribution in [0, 0.1) is 5.92 Å². The van der Waals surface area contributed by atoms with Gasteiger partial charge in [0.2, 0.25) is 0 Å². The van der Waals surface area contributed by atoms with E-state index in [0.717, 1.165) is 24.8 Å². The summed E-state index contributed by atoms with van der Waals surface area (Å²) in [6, 6.07) is 0. The predicted molar refractivity (Wildman–Crippen MR) is 79.0 cm³/mol. The Morgan fingerprint density at radius 1 is 1.55 bits per heavy atom. The predicted octanol–water partition coefficient (Wildman–Crippen LogP) is 2.31. The molecule has 120 valence electrons. The van der Waals surface area contributed by atoms with Gasteiger partial charge in [-0.15, -0.1) is 0 Å². The van der Waals surface area contributed by atoms with Crippen molar-refractivity contribution >= 4 is 11.9 Å². The molecule has 3 rings (SSSR count). The first-order valence-corrected chi connectivity index (χ1v) is 7.78. The maximum absolute atomic E-state index is 11.8. The molecule has 1 aliphatic carbocycles. The first kappa shape index (κ1) is 15.3. The van der Waals surface area contributed by atoms with Crippen LogP contribution in [0.15, 0.2) is 23.8 Å². The van der Waals surface area contributed by atoms with Crippen molar-refractivity contribution in [3.8, 4) is 0 Å². The number of epoxide rings is 1. The molecule has 0 aromatic carbocycles. The third kappa shape index (κ3) is 2.95. The second-order valence-electron chi connectivity index (χ2n) is 6.62. The van der Waals surface area contributed by atoms with Crippen LogP contribution in [0.4, 0.5) is 0 Å². The van der Waals surface area contributed by atoms with Crippen molar-refractivity contribution in [2.75, 3.05) is 6.61 Å². The zero-order chi connectivity index (χ0) is 15.9. The lowest BCUT2D eigenvalue weighted by molar-refractivity contribution is -0.141. The highest BCUT2D eigenvalue weighted by Crippen LogP contribution is 2.48. The molecule has 0 amide bonds. The first-order valence-electron chi connectivity index (χ1n) is 7.78. The summed E-state index contributed by atoms with van der Waals surface area (Å²) in [7, 11) is 0. The van der Waals surface area contributed by atoms with Crippen molar-refractivity contribution in [1.29, 1.82) is 0 Å². The van der Waals surface area contributed by atoms with E-state index in [4.69, 9.17) is 14.2 Å². The summed E-state index contributed by atoms with van der Waals surface area (Å²) in [5, 5.41) is 0. The van der Waals surface area contributed by atoms with Crippen molar-refractivity contribution in [1.82, 2.24) is 0 Å². The zero-order valence-corrected chi connectivity index (χ0v) is 13.1. The van der Waals surface area contributed by atoms with Gasteiger partial charge in [-0.1, -0.05) is 12.7 Å². The monoisotopic (exact) mass is 306 g/mol. The van der Waals surface area contributed by atoms with Gasteiger partial charge in [0.15, 0.2) is 0 Å². The summed E-state index contributed by atoms with van der Waals surface area (Å²) in [6.07, 6.45) is 5.20. The fraction of sp³-hybridized carbons (Fsp3) is 0.647. The minimum absolute atomic E-state index is 0.0156. The molecule has 0 aromatic rings. The van der Waals surface area contributed by atoms with Crippen LogP contribution in [-0.4, -0.2) is 36.4 Å². The molecule has 0 bridgehead atoms. The smallest absolute Gasteiger partial charge is 0.334 e. The van der Waals surface area contributed by atoms with Gasteiger partial charge in [0.25, 0.3) is 0 Å². The number of ether oxygens (including phenoxy) is 3. The molecule has 22 heavy (non-hydrogen) atoms. The second kappa shape index (κ2) is 5.54. The SMILES string of the molecule is C=C1C(=O)O[C@H]2C/C(COC(C)=O)=C/CC[C@@]3(C)O[C@H]3C[C@H]12. The largest absolute Gasteiger partial charge is 0.461 e. The minimum Gasteiger partial charge on any atom is -0.461 e. The second-order valence-corrected chi connectivity index (χ2v) is 6.62. The minimum atomic E-state index is -0.316. The highest BCUT2D eigenvalue weighted by atomic mass is 16.6. The quantitative estimate of drug-likeness (QED) is 0.339. The molecule has 0 spiro atoms. The van der Waals surface area contributed by atoms with Gasteiger partial charge >= 0.3 is 11.9 Å². The third-order valence-corrected chi connectivity index (χ3v) is 4.92. The van der Waals surface area contributed by atoms with Gasteiger partial charge in [0.1, 0.15) is 12.7 Å². The van der Waals surface area contributed by atoms with Crippen molar-refractivity contribution in [2.24, 2.45) is 5.92 Å². The average molecular weight is 306 g/mol. The van der Waals surface area contributed by atoms with Gasteiger partial charge in [-0.2, -0.15) is 0 Å². The molecule has 2 heterocycles. The Kier molecular flexibility index (Phi) is 3.85. The number of hydrogen-bond donors (Lipinski definition) is 0.